The lowest BCUT2D eigenvalue weighted by Crippen LogP contribution is -2.24. The number of allylic oxidation sites excluding steroid dienone is 3. The van der Waals surface area contributed by atoms with E-state index < -0.39 is 6.10 Å². The number of aryl methyl sites for hydroxylation is 3. The van der Waals surface area contributed by atoms with Gasteiger partial charge in [-0.15, -0.1) is 0 Å². The summed E-state index contributed by atoms with van der Waals surface area (Å²) in [6.07, 6.45) is 15.9. The van der Waals surface area contributed by atoms with Gasteiger partial charge in [-0.2, -0.15) is 0 Å². The van der Waals surface area contributed by atoms with Crippen LogP contribution in [0.5, 0.6) is 17.2 Å². The maximum Gasteiger partial charge on any atom is 0.192 e. The second-order valence-corrected chi connectivity index (χ2v) is 15.9. The number of benzene rings is 4. The maximum absolute atomic E-state index is 13.6. The lowest BCUT2D eigenvalue weighted by molar-refractivity contribution is -0.121. The second kappa shape index (κ2) is 18.6. The van der Waals surface area contributed by atoms with Crippen LogP contribution in [0.2, 0.25) is 0 Å². The minimum absolute atomic E-state index is 0.0305. The van der Waals surface area contributed by atoms with Gasteiger partial charge in [-0.25, -0.2) is 0 Å². The van der Waals surface area contributed by atoms with E-state index in [9.17, 15) is 15.0 Å². The highest BCUT2D eigenvalue weighted by Gasteiger charge is 2.28. The number of rotatable bonds is 9. The van der Waals surface area contributed by atoms with Crippen LogP contribution >= 0.6 is 0 Å². The standard InChI is InChI=1S/C49H55N3O6/c1-31-13-20-41-35-17-21-43-42(45(55)29-44(31)48(41)43)12-7-23-57-40(28-39(54)18-14-33-15-22-46(56-3)47(25-33)58-30-35)27-36-26-38(53)19-16-34(36)10-5-4-8-32-9-6-11-37(24-32)52-49(50)51-2/h6,9,11,15-17,19,21-22,24-26,29,31,34,36,40,53,55H,4-5,8,10,12-14,18,20,27-28,30H2,1-3H3,(H3,50,51,52)/t31-,34-,36+,40+/m1/s1. The van der Waals surface area contributed by atoms with Gasteiger partial charge in [0.25, 0.3) is 0 Å². The number of carbonyl (C=O) groups is 1. The minimum atomic E-state index is -0.484. The number of methoxy groups -OCH3 is 1. The SMILES string of the molecule is CN=C(N)Nc1cccc(CCCC[C@@H]2C=CC(O)=C[C@H]2C[C@H]2CC(=O)CCc3ccc(OC)c(c3)OCc3ccc4c(c(O)cc5c4c3CC[C@H]5C)CC#CO2)c1. The number of anilines is 1. The van der Waals surface area contributed by atoms with Gasteiger partial charge in [-0.1, -0.05) is 55.7 Å². The molecular weight excluding hydrogens is 727 g/mol. The van der Waals surface area contributed by atoms with E-state index in [0.717, 1.165) is 71.9 Å². The van der Waals surface area contributed by atoms with E-state index in [1.54, 1.807) is 20.2 Å². The predicted octanol–water partition coefficient (Wildman–Crippen LogP) is 9.38. The van der Waals surface area contributed by atoms with Gasteiger partial charge in [0.1, 0.15) is 36.1 Å². The number of hydrogen-bond donors (Lipinski definition) is 4. The molecular formula is C49H55N3O6. The van der Waals surface area contributed by atoms with Crippen molar-refractivity contribution in [1.29, 1.82) is 0 Å². The molecule has 4 aliphatic rings. The average molecular weight is 782 g/mol. The Kier molecular flexibility index (Phi) is 12.9. The monoisotopic (exact) mass is 781 g/mol. The molecule has 0 fully saturated rings. The zero-order valence-corrected chi connectivity index (χ0v) is 33.9. The number of carbonyl (C=O) groups excluding carboxylic acids is 1. The van der Waals surface area contributed by atoms with E-state index in [4.69, 9.17) is 19.9 Å². The van der Waals surface area contributed by atoms with Crippen molar-refractivity contribution in [2.45, 2.75) is 96.2 Å². The van der Waals surface area contributed by atoms with E-state index in [-0.39, 0.29) is 35.5 Å². The number of fused-ring (bicyclic) bond motifs is 9. The molecule has 2 aliphatic heterocycles. The van der Waals surface area contributed by atoms with Crippen LogP contribution in [0.1, 0.15) is 91.2 Å². The molecule has 4 aromatic rings. The molecule has 58 heavy (non-hydrogen) atoms. The molecule has 2 aliphatic carbocycles. The van der Waals surface area contributed by atoms with Crippen LogP contribution in [-0.2, 0) is 41.8 Å². The van der Waals surface area contributed by atoms with E-state index in [2.05, 4.69) is 59.6 Å². The van der Waals surface area contributed by atoms with Gasteiger partial charge in [0.05, 0.1) is 7.11 Å². The summed E-state index contributed by atoms with van der Waals surface area (Å²) in [5.74, 6) is 5.84. The molecule has 0 spiro atoms. The van der Waals surface area contributed by atoms with Gasteiger partial charge >= 0.3 is 0 Å². The van der Waals surface area contributed by atoms with Crippen molar-refractivity contribution in [3.05, 3.63) is 118 Å². The molecule has 0 aromatic heterocycles. The first-order chi connectivity index (χ1) is 28.2. The third kappa shape index (κ3) is 9.62. The summed E-state index contributed by atoms with van der Waals surface area (Å²) < 4.78 is 18.4. The molecule has 8 rings (SSSR count). The number of aliphatic hydroxyl groups excluding tert-OH is 1. The number of hydrogen-bond acceptors (Lipinski definition) is 7. The fourth-order valence-corrected chi connectivity index (χ4v) is 8.77. The molecule has 6 bridgehead atoms. The third-order valence-electron chi connectivity index (χ3n) is 12.0. The lowest BCUT2D eigenvalue weighted by Gasteiger charge is -2.28. The number of guanidine groups is 1. The number of ketones is 1. The zero-order valence-electron chi connectivity index (χ0n) is 33.9. The Balaban J connectivity index is 1.11. The largest absolute Gasteiger partial charge is 0.508 e. The summed E-state index contributed by atoms with van der Waals surface area (Å²) in [6.45, 7) is 2.59. The summed E-state index contributed by atoms with van der Waals surface area (Å²) in [5.41, 5.74) is 13.3. The normalized spacial score (nSPS) is 20.8. The van der Waals surface area contributed by atoms with Crippen LogP contribution in [0.15, 0.2) is 89.6 Å². The predicted molar refractivity (Wildman–Crippen MR) is 231 cm³/mol. The number of nitrogens with two attached hydrogens (primary N) is 1. The second-order valence-electron chi connectivity index (χ2n) is 15.9. The first-order valence-corrected chi connectivity index (χ1v) is 20.6. The molecule has 0 amide bonds. The van der Waals surface area contributed by atoms with Crippen LogP contribution in [0.3, 0.4) is 0 Å². The number of unbranched alkanes of at least 4 members (excludes halogenated alkanes) is 1. The van der Waals surface area contributed by atoms with E-state index in [1.165, 1.54) is 16.5 Å². The summed E-state index contributed by atoms with van der Waals surface area (Å²) in [6, 6.07) is 20.2. The third-order valence-corrected chi connectivity index (χ3v) is 12.0. The molecule has 302 valence electrons. The summed E-state index contributed by atoms with van der Waals surface area (Å²) >= 11 is 0. The maximum atomic E-state index is 13.6. The van der Waals surface area contributed by atoms with Crippen molar-refractivity contribution in [2.24, 2.45) is 22.6 Å². The van der Waals surface area contributed by atoms with E-state index in [0.29, 0.717) is 55.7 Å². The fourth-order valence-electron chi connectivity index (χ4n) is 8.77. The van der Waals surface area contributed by atoms with E-state index >= 15 is 0 Å². The molecule has 0 unspecified atom stereocenters. The van der Waals surface area contributed by atoms with Crippen LogP contribution in [-0.4, -0.2) is 42.2 Å². The average Bonchev–Trinajstić information content (AvgIpc) is 3.22. The van der Waals surface area contributed by atoms with Crippen molar-refractivity contribution in [3.8, 4) is 29.3 Å². The van der Waals surface area contributed by atoms with Gasteiger partial charge in [0.15, 0.2) is 17.5 Å². The first-order valence-electron chi connectivity index (χ1n) is 20.6. The molecule has 0 radical (unpaired) electrons. The molecule has 9 nitrogen and oxygen atoms in total. The molecule has 5 N–H and O–H groups in total. The number of aromatic hydroxyl groups is 1. The number of nitrogens with zero attached hydrogens (tertiary/aromatic N) is 1. The number of ether oxygens (including phenoxy) is 3. The molecule has 4 aromatic carbocycles. The van der Waals surface area contributed by atoms with Crippen LogP contribution in [0.4, 0.5) is 5.69 Å². The number of phenolic OH excluding ortho intramolecular Hbond substituents is 1. The van der Waals surface area contributed by atoms with Gasteiger partial charge in [-0.05, 0) is 144 Å². The van der Waals surface area contributed by atoms with E-state index in [1.807, 2.05) is 42.5 Å². The summed E-state index contributed by atoms with van der Waals surface area (Å²) in [5, 5.41) is 27.2. The molecule has 0 saturated heterocycles. The Labute approximate surface area is 342 Å². The lowest BCUT2D eigenvalue weighted by atomic mass is 9.79. The zero-order chi connectivity index (χ0) is 40.6. The Morgan fingerprint density at radius 2 is 1.91 bits per heavy atom. The van der Waals surface area contributed by atoms with Gasteiger partial charge in [0, 0.05) is 37.6 Å². The van der Waals surface area contributed by atoms with Crippen molar-refractivity contribution >= 4 is 28.2 Å². The fraction of sp³-hybridized carbons (Fsp3) is 0.388. The number of phenols is 1. The smallest absolute Gasteiger partial charge is 0.192 e. The molecule has 0 saturated carbocycles. The Morgan fingerprint density at radius 1 is 1.03 bits per heavy atom. The van der Waals surface area contributed by atoms with Gasteiger partial charge < -0.3 is 35.5 Å². The highest BCUT2D eigenvalue weighted by Crippen LogP contribution is 2.43. The van der Waals surface area contributed by atoms with Crippen LogP contribution in [0.25, 0.3) is 10.8 Å². The van der Waals surface area contributed by atoms with Crippen molar-refractivity contribution in [3.63, 3.8) is 0 Å². The van der Waals surface area contributed by atoms with Gasteiger partial charge in [0.2, 0.25) is 0 Å². The summed E-state index contributed by atoms with van der Waals surface area (Å²) in [4.78, 5) is 17.6. The van der Waals surface area contributed by atoms with Crippen molar-refractivity contribution in [2.75, 3.05) is 19.5 Å². The first kappa shape index (κ1) is 40.3. The quantitative estimate of drug-likeness (QED) is 0.0571. The number of nitrogens with one attached hydrogen (secondary N) is 1. The Bertz CT molecular complexity index is 2300. The topological polar surface area (TPSA) is 136 Å². The highest BCUT2D eigenvalue weighted by atomic mass is 16.5. The van der Waals surface area contributed by atoms with Crippen LogP contribution in [0, 0.1) is 23.9 Å². The van der Waals surface area contributed by atoms with Crippen molar-refractivity contribution < 1.29 is 29.2 Å². The van der Waals surface area contributed by atoms with Crippen molar-refractivity contribution in [1.82, 2.24) is 0 Å². The van der Waals surface area contributed by atoms with Crippen LogP contribution < -0.4 is 20.5 Å². The highest BCUT2D eigenvalue weighted by molar-refractivity contribution is 5.95. The Hall–Kier alpha value is -5.88. The minimum Gasteiger partial charge on any atom is -0.508 e. The molecule has 4 atom stereocenters. The Morgan fingerprint density at radius 3 is 2.76 bits per heavy atom. The molecule has 2 heterocycles. The number of aliphatic imine (C=N–C) groups is 1. The van der Waals surface area contributed by atoms with Gasteiger partial charge in [-0.3, -0.25) is 9.79 Å². The molecule has 9 heteroatoms. The summed E-state index contributed by atoms with van der Waals surface area (Å²) in [7, 11) is 3.29. The number of aliphatic hydroxyl groups is 1. The number of Topliss-reactive ketones (excluding diaryl/α,β-unsaturated/α-hetero) is 1.